The van der Waals surface area contributed by atoms with E-state index in [0.29, 0.717) is 0 Å². The zero-order valence-electron chi connectivity index (χ0n) is 35.0. The van der Waals surface area contributed by atoms with E-state index in [0.717, 1.165) is 154 Å². The lowest BCUT2D eigenvalue weighted by atomic mass is 9.93. The summed E-state index contributed by atoms with van der Waals surface area (Å²) in [6.07, 6.45) is 0. The van der Waals surface area contributed by atoms with Gasteiger partial charge in [-0.2, -0.15) is 0 Å². The third kappa shape index (κ3) is 4.95. The van der Waals surface area contributed by atoms with Crippen LogP contribution in [0.5, 0.6) is 0 Å². The molecule has 15 rings (SSSR count). The second-order valence-electron chi connectivity index (χ2n) is 17.1. The molecule has 0 N–H and O–H groups in total. The Bertz CT molecular complexity index is 4260. The van der Waals surface area contributed by atoms with Crippen LogP contribution in [0.15, 0.2) is 212 Å². The molecule has 0 atom stereocenters. The van der Waals surface area contributed by atoms with E-state index in [4.69, 9.17) is 27.6 Å². The van der Waals surface area contributed by atoms with Crippen molar-refractivity contribution < 1.29 is 17.7 Å². The molecule has 6 heterocycles. The van der Waals surface area contributed by atoms with Gasteiger partial charge >= 0.3 is 0 Å². The molecule has 6 heteroatoms. The number of nitrogens with zero attached hydrogens (tertiary/aromatic N) is 2. The Morgan fingerprint density at radius 3 is 0.879 bits per heavy atom. The van der Waals surface area contributed by atoms with Crippen LogP contribution in [0.1, 0.15) is 0 Å². The molecule has 0 aliphatic carbocycles. The summed E-state index contributed by atoms with van der Waals surface area (Å²) in [6, 6.07) is 67.0. The molecule has 0 bridgehead atoms. The van der Waals surface area contributed by atoms with Crippen molar-refractivity contribution in [1.29, 1.82) is 0 Å². The van der Waals surface area contributed by atoms with E-state index in [2.05, 4.69) is 146 Å². The number of rotatable bonds is 4. The topological polar surface area (TPSA) is 78.3 Å². The van der Waals surface area contributed by atoms with Gasteiger partial charge in [-0.05, 0) is 48.5 Å². The summed E-state index contributed by atoms with van der Waals surface area (Å²) in [5.74, 6) is 0. The first-order chi connectivity index (χ1) is 32.7. The quantitative estimate of drug-likeness (QED) is 0.164. The van der Waals surface area contributed by atoms with E-state index in [9.17, 15) is 0 Å². The van der Waals surface area contributed by atoms with Crippen molar-refractivity contribution in [1.82, 2.24) is 9.97 Å². The van der Waals surface area contributed by atoms with Gasteiger partial charge in [0.1, 0.15) is 44.7 Å². The van der Waals surface area contributed by atoms with Gasteiger partial charge in [-0.3, -0.25) is 0 Å². The summed E-state index contributed by atoms with van der Waals surface area (Å²) < 4.78 is 26.8. The van der Waals surface area contributed by atoms with Crippen LogP contribution < -0.4 is 0 Å². The molecule has 306 valence electrons. The van der Waals surface area contributed by atoms with Crippen LogP contribution in [-0.2, 0) is 0 Å². The second-order valence-corrected chi connectivity index (χ2v) is 17.1. The molecule has 0 radical (unpaired) electrons. The predicted molar refractivity (Wildman–Crippen MR) is 268 cm³/mol. The van der Waals surface area contributed by atoms with Crippen molar-refractivity contribution in [3.05, 3.63) is 194 Å². The second kappa shape index (κ2) is 13.3. The fourth-order valence-electron chi connectivity index (χ4n) is 10.5. The maximum atomic E-state index is 6.73. The Labute approximate surface area is 374 Å². The number of hydrogen-bond acceptors (Lipinski definition) is 6. The van der Waals surface area contributed by atoms with Crippen LogP contribution in [0, 0.1) is 0 Å². The van der Waals surface area contributed by atoms with Crippen LogP contribution in [0.3, 0.4) is 0 Å². The predicted octanol–water partition coefficient (Wildman–Crippen LogP) is 17.0. The van der Waals surface area contributed by atoms with E-state index in [1.54, 1.807) is 0 Å². The summed E-state index contributed by atoms with van der Waals surface area (Å²) in [6.45, 7) is 0. The molecule has 0 fully saturated rings. The first-order valence-corrected chi connectivity index (χ1v) is 22.1. The van der Waals surface area contributed by atoms with Gasteiger partial charge < -0.3 is 17.7 Å². The minimum atomic E-state index is 0.766. The maximum absolute atomic E-state index is 6.73. The zero-order valence-corrected chi connectivity index (χ0v) is 35.0. The molecule has 15 aromatic rings. The van der Waals surface area contributed by atoms with Crippen LogP contribution in [0.4, 0.5) is 0 Å². The Morgan fingerprint density at radius 1 is 0.242 bits per heavy atom. The summed E-state index contributed by atoms with van der Waals surface area (Å²) in [7, 11) is 0. The minimum absolute atomic E-state index is 0.766. The molecule has 6 nitrogen and oxygen atoms in total. The number of para-hydroxylation sites is 8. The van der Waals surface area contributed by atoms with Gasteiger partial charge in [0.15, 0.2) is 0 Å². The molecule has 0 aliphatic rings. The van der Waals surface area contributed by atoms with E-state index in [1.165, 1.54) is 0 Å². The third-order valence-electron chi connectivity index (χ3n) is 13.5. The maximum Gasteiger partial charge on any atom is 0.144 e. The first-order valence-electron chi connectivity index (χ1n) is 22.1. The average Bonchev–Trinajstić information content (AvgIpc) is 4.16. The third-order valence-corrected chi connectivity index (χ3v) is 13.5. The van der Waals surface area contributed by atoms with Gasteiger partial charge in [-0.25, -0.2) is 9.97 Å². The molecule has 9 aromatic carbocycles. The minimum Gasteiger partial charge on any atom is -0.455 e. The highest BCUT2D eigenvalue weighted by atomic mass is 16.3. The lowest BCUT2D eigenvalue weighted by Gasteiger charge is -2.16. The Kier molecular flexibility index (Phi) is 7.13. The molecule has 6 aromatic heterocycles. The zero-order chi connectivity index (χ0) is 43.0. The SMILES string of the molecule is c1ccc2c(c1)oc1c(-c3cc4ccc5cc(-c6cccc7c6oc6ccccc67)c(-c6cccc7c6oc6ccccc67)nc5c4nc3-c3cccc4c3oc3ccccc34)cccc12. The standard InChI is InChI=1S/C60H32N2O4/c1-5-25-49-35(13-1)39-17-9-21-43(57(39)63-49)47-31-33-29-30-34-32-48(44-22-10-18-40-36-14-2-6-26-50(36)64-58(40)44)56(46-24-12-20-42-38-16-4-8-28-52(38)66-60(42)46)62-54(34)53(33)61-55(47)45-23-11-19-41-37-15-3-7-27-51(37)65-59(41)45/h1-32H. The molecule has 0 unspecified atom stereocenters. The van der Waals surface area contributed by atoms with Crippen molar-refractivity contribution in [2.45, 2.75) is 0 Å². The summed E-state index contributed by atoms with van der Waals surface area (Å²) in [5.41, 5.74) is 15.1. The number of furan rings is 4. The fraction of sp³-hybridized carbons (Fsp3) is 0. The highest BCUT2D eigenvalue weighted by Gasteiger charge is 2.25. The monoisotopic (exact) mass is 844 g/mol. The highest BCUT2D eigenvalue weighted by Crippen LogP contribution is 2.47. The molecule has 0 amide bonds. The Hall–Kier alpha value is -9.00. The summed E-state index contributed by atoms with van der Waals surface area (Å²) in [5, 5.41) is 10.3. The Balaban J connectivity index is 1.07. The molecule has 0 spiro atoms. The Morgan fingerprint density at radius 2 is 0.530 bits per heavy atom. The lowest BCUT2D eigenvalue weighted by Crippen LogP contribution is -1.97. The largest absolute Gasteiger partial charge is 0.455 e. The molecular weight excluding hydrogens is 813 g/mol. The number of benzene rings is 9. The fourth-order valence-corrected chi connectivity index (χ4v) is 10.5. The van der Waals surface area contributed by atoms with E-state index in [-0.39, 0.29) is 0 Å². The van der Waals surface area contributed by atoms with Crippen LogP contribution >= 0.6 is 0 Å². The molecular formula is C60H32N2O4. The van der Waals surface area contributed by atoms with Crippen molar-refractivity contribution >= 4 is 110 Å². The smallest absolute Gasteiger partial charge is 0.144 e. The normalized spacial score (nSPS) is 12.2. The van der Waals surface area contributed by atoms with Crippen molar-refractivity contribution in [2.24, 2.45) is 0 Å². The van der Waals surface area contributed by atoms with Crippen molar-refractivity contribution in [3.63, 3.8) is 0 Å². The molecule has 0 saturated carbocycles. The van der Waals surface area contributed by atoms with Gasteiger partial charge in [0.2, 0.25) is 0 Å². The molecule has 0 saturated heterocycles. The highest BCUT2D eigenvalue weighted by molar-refractivity contribution is 6.18. The number of aromatic nitrogens is 2. The van der Waals surface area contributed by atoms with E-state index < -0.39 is 0 Å². The van der Waals surface area contributed by atoms with E-state index in [1.807, 2.05) is 48.5 Å². The molecule has 66 heavy (non-hydrogen) atoms. The van der Waals surface area contributed by atoms with Gasteiger partial charge in [0.05, 0.1) is 22.4 Å². The van der Waals surface area contributed by atoms with Gasteiger partial charge in [0.25, 0.3) is 0 Å². The molecule has 0 aliphatic heterocycles. The van der Waals surface area contributed by atoms with Gasteiger partial charge in [-0.1, -0.05) is 146 Å². The van der Waals surface area contributed by atoms with Crippen LogP contribution in [-0.4, -0.2) is 9.97 Å². The van der Waals surface area contributed by atoms with Crippen molar-refractivity contribution in [3.8, 4) is 44.8 Å². The van der Waals surface area contributed by atoms with Gasteiger partial charge in [-0.15, -0.1) is 0 Å². The number of pyridine rings is 2. The number of hydrogen-bond donors (Lipinski definition) is 0. The van der Waals surface area contributed by atoms with Gasteiger partial charge in [0, 0.05) is 87.2 Å². The number of fused-ring (bicyclic) bond motifs is 15. The van der Waals surface area contributed by atoms with Crippen molar-refractivity contribution in [2.75, 3.05) is 0 Å². The van der Waals surface area contributed by atoms with Crippen LogP contribution in [0.25, 0.3) is 154 Å². The summed E-state index contributed by atoms with van der Waals surface area (Å²) in [4.78, 5) is 11.5. The van der Waals surface area contributed by atoms with E-state index >= 15 is 0 Å². The lowest BCUT2D eigenvalue weighted by molar-refractivity contribution is 0.669. The summed E-state index contributed by atoms with van der Waals surface area (Å²) >= 11 is 0. The average molecular weight is 845 g/mol. The van der Waals surface area contributed by atoms with Crippen LogP contribution in [0.2, 0.25) is 0 Å². The first kappa shape index (κ1) is 35.5.